The zero-order chi connectivity index (χ0) is 15.5. The SMILES string of the molecule is COc1ccc(Cl)cc1Nc1nc(-c2cccc(Cl)c2)cs1. The van der Waals surface area contributed by atoms with Crippen molar-refractivity contribution in [1.29, 1.82) is 0 Å². The summed E-state index contributed by atoms with van der Waals surface area (Å²) in [5.41, 5.74) is 2.63. The van der Waals surface area contributed by atoms with Crippen LogP contribution in [0.3, 0.4) is 0 Å². The van der Waals surface area contributed by atoms with Crippen LogP contribution in [0.15, 0.2) is 47.8 Å². The molecule has 0 spiro atoms. The molecule has 0 aliphatic heterocycles. The first-order valence-corrected chi connectivity index (χ1v) is 8.11. The second-order valence-electron chi connectivity index (χ2n) is 4.52. The average molecular weight is 351 g/mol. The van der Waals surface area contributed by atoms with Crippen LogP contribution in [0, 0.1) is 0 Å². The van der Waals surface area contributed by atoms with Gasteiger partial charge >= 0.3 is 0 Å². The fraction of sp³-hybridized carbons (Fsp3) is 0.0625. The number of hydrogen-bond acceptors (Lipinski definition) is 4. The fourth-order valence-corrected chi connectivity index (χ4v) is 3.10. The molecule has 112 valence electrons. The Labute approximate surface area is 142 Å². The van der Waals surface area contributed by atoms with Crippen LogP contribution in [0.25, 0.3) is 11.3 Å². The van der Waals surface area contributed by atoms with Gasteiger partial charge in [-0.05, 0) is 30.3 Å². The summed E-state index contributed by atoms with van der Waals surface area (Å²) in [6.45, 7) is 0. The zero-order valence-electron chi connectivity index (χ0n) is 11.6. The van der Waals surface area contributed by atoms with Gasteiger partial charge in [0.2, 0.25) is 0 Å². The van der Waals surface area contributed by atoms with Crippen molar-refractivity contribution in [3.05, 3.63) is 57.9 Å². The standard InChI is InChI=1S/C16H12Cl2N2OS/c1-21-15-6-5-12(18)8-13(15)19-16-20-14(9-22-16)10-3-2-4-11(17)7-10/h2-9H,1H3,(H,19,20). The van der Waals surface area contributed by atoms with Crippen LogP contribution >= 0.6 is 34.5 Å². The smallest absolute Gasteiger partial charge is 0.187 e. The number of halogens is 2. The van der Waals surface area contributed by atoms with Gasteiger partial charge in [0.15, 0.2) is 5.13 Å². The molecule has 0 saturated heterocycles. The van der Waals surface area contributed by atoms with E-state index >= 15 is 0 Å². The van der Waals surface area contributed by atoms with Crippen molar-refractivity contribution in [3.8, 4) is 17.0 Å². The Balaban J connectivity index is 1.87. The summed E-state index contributed by atoms with van der Waals surface area (Å²) in [7, 11) is 1.62. The van der Waals surface area contributed by atoms with E-state index in [1.807, 2.05) is 35.7 Å². The summed E-state index contributed by atoms with van der Waals surface area (Å²) < 4.78 is 5.32. The fourth-order valence-electron chi connectivity index (χ4n) is 2.00. The molecule has 0 radical (unpaired) electrons. The lowest BCUT2D eigenvalue weighted by molar-refractivity contribution is 0.417. The van der Waals surface area contributed by atoms with E-state index in [4.69, 9.17) is 27.9 Å². The lowest BCUT2D eigenvalue weighted by Crippen LogP contribution is -1.94. The molecule has 1 N–H and O–H groups in total. The highest BCUT2D eigenvalue weighted by atomic mass is 35.5. The van der Waals surface area contributed by atoms with Gasteiger partial charge < -0.3 is 10.1 Å². The van der Waals surface area contributed by atoms with Gasteiger partial charge in [0.25, 0.3) is 0 Å². The summed E-state index contributed by atoms with van der Waals surface area (Å²) in [6, 6.07) is 13.0. The topological polar surface area (TPSA) is 34.1 Å². The number of nitrogens with zero attached hydrogens (tertiary/aromatic N) is 1. The number of anilines is 2. The Kier molecular flexibility index (Phi) is 4.52. The minimum Gasteiger partial charge on any atom is -0.495 e. The highest BCUT2D eigenvalue weighted by Crippen LogP contribution is 2.33. The summed E-state index contributed by atoms with van der Waals surface area (Å²) in [4.78, 5) is 4.57. The number of methoxy groups -OCH3 is 1. The van der Waals surface area contributed by atoms with Crippen molar-refractivity contribution in [2.75, 3.05) is 12.4 Å². The van der Waals surface area contributed by atoms with Crippen LogP contribution in [0.1, 0.15) is 0 Å². The normalized spacial score (nSPS) is 10.5. The summed E-state index contributed by atoms with van der Waals surface area (Å²) in [5, 5.41) is 7.30. The predicted molar refractivity (Wildman–Crippen MR) is 93.8 cm³/mol. The summed E-state index contributed by atoms with van der Waals surface area (Å²) in [6.07, 6.45) is 0. The largest absolute Gasteiger partial charge is 0.495 e. The molecule has 1 aromatic heterocycles. The first kappa shape index (κ1) is 15.2. The van der Waals surface area contributed by atoms with Gasteiger partial charge in [-0.2, -0.15) is 0 Å². The van der Waals surface area contributed by atoms with Gasteiger partial charge in [-0.3, -0.25) is 0 Å². The maximum absolute atomic E-state index is 6.03. The Morgan fingerprint density at radius 3 is 2.68 bits per heavy atom. The molecule has 0 aliphatic carbocycles. The molecule has 3 aromatic rings. The van der Waals surface area contributed by atoms with Crippen molar-refractivity contribution in [2.45, 2.75) is 0 Å². The minimum atomic E-state index is 0.634. The van der Waals surface area contributed by atoms with Gasteiger partial charge in [0, 0.05) is 21.0 Å². The van der Waals surface area contributed by atoms with Gasteiger partial charge in [0.05, 0.1) is 18.5 Å². The van der Waals surface area contributed by atoms with Gasteiger partial charge in [-0.1, -0.05) is 35.3 Å². The molecule has 2 aromatic carbocycles. The second kappa shape index (κ2) is 6.57. The number of hydrogen-bond donors (Lipinski definition) is 1. The van der Waals surface area contributed by atoms with E-state index in [2.05, 4.69) is 10.3 Å². The van der Waals surface area contributed by atoms with Crippen LogP contribution < -0.4 is 10.1 Å². The van der Waals surface area contributed by atoms with E-state index in [0.29, 0.717) is 15.8 Å². The van der Waals surface area contributed by atoms with Crippen LogP contribution in [0.2, 0.25) is 10.0 Å². The van der Waals surface area contributed by atoms with E-state index in [-0.39, 0.29) is 0 Å². The predicted octanol–water partition coefficient (Wildman–Crippen LogP) is 5.87. The van der Waals surface area contributed by atoms with Crippen molar-refractivity contribution in [2.24, 2.45) is 0 Å². The van der Waals surface area contributed by atoms with E-state index in [1.165, 1.54) is 11.3 Å². The molecule has 0 fully saturated rings. The first-order chi connectivity index (χ1) is 10.7. The van der Waals surface area contributed by atoms with Crippen molar-refractivity contribution < 1.29 is 4.74 Å². The van der Waals surface area contributed by atoms with Crippen LogP contribution in [-0.2, 0) is 0 Å². The molecule has 0 saturated carbocycles. The lowest BCUT2D eigenvalue weighted by Gasteiger charge is -2.09. The molecule has 22 heavy (non-hydrogen) atoms. The molecule has 1 heterocycles. The number of ether oxygens (including phenoxy) is 1. The Morgan fingerprint density at radius 2 is 1.91 bits per heavy atom. The lowest BCUT2D eigenvalue weighted by atomic mass is 10.2. The number of aromatic nitrogens is 1. The molecule has 3 nitrogen and oxygen atoms in total. The summed E-state index contributed by atoms with van der Waals surface area (Å²) >= 11 is 13.6. The van der Waals surface area contributed by atoms with Crippen molar-refractivity contribution in [1.82, 2.24) is 4.98 Å². The van der Waals surface area contributed by atoms with E-state index in [0.717, 1.165) is 22.1 Å². The average Bonchev–Trinajstić information content (AvgIpc) is 2.96. The van der Waals surface area contributed by atoms with Crippen molar-refractivity contribution in [3.63, 3.8) is 0 Å². The van der Waals surface area contributed by atoms with Gasteiger partial charge in [-0.25, -0.2) is 4.98 Å². The Morgan fingerprint density at radius 1 is 1.09 bits per heavy atom. The number of nitrogens with one attached hydrogen (secondary N) is 1. The first-order valence-electron chi connectivity index (χ1n) is 6.48. The quantitative estimate of drug-likeness (QED) is 0.638. The number of thiazole rings is 1. The van der Waals surface area contributed by atoms with E-state index < -0.39 is 0 Å². The van der Waals surface area contributed by atoms with E-state index in [9.17, 15) is 0 Å². The number of rotatable bonds is 4. The Bertz CT molecular complexity index is 804. The molecule has 0 amide bonds. The van der Waals surface area contributed by atoms with Crippen molar-refractivity contribution >= 4 is 45.4 Å². The van der Waals surface area contributed by atoms with E-state index in [1.54, 1.807) is 19.2 Å². The molecular weight excluding hydrogens is 339 g/mol. The zero-order valence-corrected chi connectivity index (χ0v) is 14.0. The van der Waals surface area contributed by atoms with Gasteiger partial charge in [0.1, 0.15) is 5.75 Å². The second-order valence-corrected chi connectivity index (χ2v) is 6.25. The molecule has 0 aliphatic rings. The van der Waals surface area contributed by atoms with Crippen LogP contribution in [0.5, 0.6) is 5.75 Å². The third-order valence-electron chi connectivity index (χ3n) is 3.03. The highest BCUT2D eigenvalue weighted by Gasteiger charge is 2.09. The van der Waals surface area contributed by atoms with Crippen LogP contribution in [0.4, 0.5) is 10.8 Å². The molecule has 3 rings (SSSR count). The van der Waals surface area contributed by atoms with Gasteiger partial charge in [-0.15, -0.1) is 11.3 Å². The molecule has 0 atom stereocenters. The Hall–Kier alpha value is -1.75. The maximum atomic E-state index is 6.03. The minimum absolute atomic E-state index is 0.634. The highest BCUT2D eigenvalue weighted by molar-refractivity contribution is 7.14. The molecule has 6 heteroatoms. The molecular formula is C16H12Cl2N2OS. The number of benzene rings is 2. The summed E-state index contributed by atoms with van der Waals surface area (Å²) in [5.74, 6) is 0.712. The monoisotopic (exact) mass is 350 g/mol. The molecule has 0 bridgehead atoms. The maximum Gasteiger partial charge on any atom is 0.187 e. The molecule has 0 unspecified atom stereocenters. The third kappa shape index (κ3) is 3.35. The van der Waals surface area contributed by atoms with Crippen LogP contribution in [-0.4, -0.2) is 12.1 Å². The third-order valence-corrected chi connectivity index (χ3v) is 4.26.